The number of nitrogens with two attached hydrogens (primary N) is 1. The van der Waals surface area contributed by atoms with Gasteiger partial charge in [0.25, 0.3) is 0 Å². The number of allylic oxidation sites excluding steroid dienone is 1. The molecule has 0 bridgehead atoms. The van der Waals surface area contributed by atoms with Crippen molar-refractivity contribution in [3.63, 3.8) is 0 Å². The van der Waals surface area contributed by atoms with Gasteiger partial charge in [-0.1, -0.05) is 17.2 Å². The summed E-state index contributed by atoms with van der Waals surface area (Å²) in [6.45, 7) is 5.87. The van der Waals surface area contributed by atoms with Crippen molar-refractivity contribution in [1.82, 2.24) is 0 Å². The molecule has 0 aliphatic carbocycles. The fraction of sp³-hybridized carbons (Fsp3) is 0.429. The number of rotatable bonds is 6. The van der Waals surface area contributed by atoms with Crippen molar-refractivity contribution < 1.29 is 9.47 Å². The molecule has 0 aliphatic rings. The smallest absolute Gasteiger partial charge is 0.179 e. The lowest BCUT2D eigenvalue weighted by atomic mass is 10.0. The molecule has 1 rings (SSSR count). The van der Waals surface area contributed by atoms with Gasteiger partial charge in [0.15, 0.2) is 11.5 Å². The standard InChI is InChI=1S/C14H20ClNO2/c1-9(2)5-6-12(16)10-7-11(15)14(18-4)13(8-10)17-3/h7-8,12H,1,5-6,16H2,2-4H3. The van der Waals surface area contributed by atoms with Crippen molar-refractivity contribution in [2.24, 2.45) is 5.73 Å². The fourth-order valence-electron chi connectivity index (χ4n) is 1.72. The van der Waals surface area contributed by atoms with E-state index in [9.17, 15) is 0 Å². The van der Waals surface area contributed by atoms with E-state index in [1.165, 1.54) is 0 Å². The van der Waals surface area contributed by atoms with Crippen molar-refractivity contribution in [3.05, 3.63) is 34.9 Å². The second kappa shape index (κ2) is 6.66. The SMILES string of the molecule is C=C(C)CCC(N)c1cc(Cl)c(OC)c(OC)c1. The summed E-state index contributed by atoms with van der Waals surface area (Å²) in [5.41, 5.74) is 8.20. The molecule has 18 heavy (non-hydrogen) atoms. The van der Waals surface area contributed by atoms with Crippen LogP contribution in [0.5, 0.6) is 11.5 Å². The van der Waals surface area contributed by atoms with Crippen LogP contribution in [-0.4, -0.2) is 14.2 Å². The zero-order chi connectivity index (χ0) is 13.7. The highest BCUT2D eigenvalue weighted by atomic mass is 35.5. The summed E-state index contributed by atoms with van der Waals surface area (Å²) in [5, 5.41) is 0.512. The van der Waals surface area contributed by atoms with E-state index < -0.39 is 0 Å². The van der Waals surface area contributed by atoms with Crippen LogP contribution in [0.1, 0.15) is 31.4 Å². The topological polar surface area (TPSA) is 44.5 Å². The van der Waals surface area contributed by atoms with Crippen LogP contribution < -0.4 is 15.2 Å². The van der Waals surface area contributed by atoms with Gasteiger partial charge in [0, 0.05) is 6.04 Å². The van der Waals surface area contributed by atoms with E-state index in [0.717, 1.165) is 24.0 Å². The number of ether oxygens (including phenoxy) is 2. The van der Waals surface area contributed by atoms with Crippen LogP contribution in [0.2, 0.25) is 5.02 Å². The number of benzene rings is 1. The maximum Gasteiger partial charge on any atom is 0.179 e. The van der Waals surface area contributed by atoms with Crippen LogP contribution in [0, 0.1) is 0 Å². The first kappa shape index (κ1) is 14.9. The van der Waals surface area contributed by atoms with Crippen molar-refractivity contribution in [2.75, 3.05) is 14.2 Å². The van der Waals surface area contributed by atoms with E-state index in [4.69, 9.17) is 26.8 Å². The van der Waals surface area contributed by atoms with Gasteiger partial charge in [-0.25, -0.2) is 0 Å². The van der Waals surface area contributed by atoms with Gasteiger partial charge in [-0.05, 0) is 37.5 Å². The van der Waals surface area contributed by atoms with E-state index in [0.29, 0.717) is 16.5 Å². The molecule has 0 spiro atoms. The molecule has 1 unspecified atom stereocenters. The summed E-state index contributed by atoms with van der Waals surface area (Å²) >= 11 is 6.14. The van der Waals surface area contributed by atoms with Gasteiger partial charge < -0.3 is 15.2 Å². The molecule has 0 saturated carbocycles. The van der Waals surface area contributed by atoms with Gasteiger partial charge in [-0.15, -0.1) is 6.58 Å². The number of halogens is 1. The quantitative estimate of drug-likeness (QED) is 0.801. The van der Waals surface area contributed by atoms with Crippen LogP contribution >= 0.6 is 11.6 Å². The molecule has 4 heteroatoms. The average Bonchev–Trinajstić information content (AvgIpc) is 2.34. The average molecular weight is 270 g/mol. The van der Waals surface area contributed by atoms with E-state index in [-0.39, 0.29) is 6.04 Å². The van der Waals surface area contributed by atoms with Crippen molar-refractivity contribution in [2.45, 2.75) is 25.8 Å². The maximum absolute atomic E-state index is 6.14. The predicted octanol–water partition coefficient (Wildman–Crippen LogP) is 3.71. The molecule has 100 valence electrons. The summed E-state index contributed by atoms with van der Waals surface area (Å²) in [6, 6.07) is 3.61. The third-order valence-electron chi connectivity index (χ3n) is 2.77. The Morgan fingerprint density at radius 3 is 2.56 bits per heavy atom. The zero-order valence-electron chi connectivity index (χ0n) is 11.1. The minimum Gasteiger partial charge on any atom is -0.493 e. The van der Waals surface area contributed by atoms with Crippen LogP contribution in [0.3, 0.4) is 0 Å². The van der Waals surface area contributed by atoms with Gasteiger partial charge in [0.05, 0.1) is 19.2 Å². The van der Waals surface area contributed by atoms with Crippen molar-refractivity contribution in [3.8, 4) is 11.5 Å². The normalized spacial score (nSPS) is 12.1. The van der Waals surface area contributed by atoms with Crippen LogP contribution in [-0.2, 0) is 0 Å². The third-order valence-corrected chi connectivity index (χ3v) is 3.05. The first-order chi connectivity index (χ1) is 8.49. The Balaban J connectivity index is 2.96. The Morgan fingerprint density at radius 1 is 1.39 bits per heavy atom. The molecule has 1 aromatic rings. The van der Waals surface area contributed by atoms with Gasteiger partial charge in [0.1, 0.15) is 0 Å². The lowest BCUT2D eigenvalue weighted by molar-refractivity contribution is 0.354. The number of hydrogen-bond acceptors (Lipinski definition) is 3. The Morgan fingerprint density at radius 2 is 2.06 bits per heavy atom. The van der Waals surface area contributed by atoms with Gasteiger partial charge in [0.2, 0.25) is 0 Å². The van der Waals surface area contributed by atoms with Gasteiger partial charge in [-0.3, -0.25) is 0 Å². The first-order valence-corrected chi connectivity index (χ1v) is 6.18. The molecular weight excluding hydrogens is 250 g/mol. The Hall–Kier alpha value is -1.19. The van der Waals surface area contributed by atoms with Crippen LogP contribution in [0.4, 0.5) is 0 Å². The van der Waals surface area contributed by atoms with E-state index in [1.54, 1.807) is 14.2 Å². The molecule has 0 fully saturated rings. The molecule has 0 aromatic heterocycles. The molecule has 0 radical (unpaired) electrons. The van der Waals surface area contributed by atoms with Crippen molar-refractivity contribution >= 4 is 11.6 Å². The first-order valence-electron chi connectivity index (χ1n) is 5.81. The lowest BCUT2D eigenvalue weighted by Gasteiger charge is -2.16. The summed E-state index contributed by atoms with van der Waals surface area (Å²) in [6.07, 6.45) is 1.73. The minimum atomic E-state index is -0.0843. The zero-order valence-corrected chi connectivity index (χ0v) is 11.9. The van der Waals surface area contributed by atoms with E-state index >= 15 is 0 Å². The molecule has 0 amide bonds. The number of hydrogen-bond donors (Lipinski definition) is 1. The van der Waals surface area contributed by atoms with Gasteiger partial charge >= 0.3 is 0 Å². The van der Waals surface area contributed by atoms with Crippen molar-refractivity contribution in [1.29, 1.82) is 0 Å². The molecule has 2 N–H and O–H groups in total. The summed E-state index contributed by atoms with van der Waals surface area (Å²) in [5.74, 6) is 1.14. The molecule has 1 atom stereocenters. The second-order valence-electron chi connectivity index (χ2n) is 4.34. The summed E-state index contributed by atoms with van der Waals surface area (Å²) in [4.78, 5) is 0. The molecule has 0 heterocycles. The third kappa shape index (κ3) is 3.65. The van der Waals surface area contributed by atoms with Crippen LogP contribution in [0.15, 0.2) is 24.3 Å². The highest BCUT2D eigenvalue weighted by Crippen LogP contribution is 2.37. The summed E-state index contributed by atoms with van der Waals surface area (Å²) in [7, 11) is 3.14. The maximum atomic E-state index is 6.14. The minimum absolute atomic E-state index is 0.0843. The van der Waals surface area contributed by atoms with Gasteiger partial charge in [-0.2, -0.15) is 0 Å². The largest absolute Gasteiger partial charge is 0.493 e. The Bertz CT molecular complexity index is 432. The molecular formula is C14H20ClNO2. The molecule has 0 saturated heterocycles. The molecule has 0 aliphatic heterocycles. The Labute approximate surface area is 114 Å². The summed E-state index contributed by atoms with van der Waals surface area (Å²) < 4.78 is 10.4. The van der Waals surface area contributed by atoms with Crippen LogP contribution in [0.25, 0.3) is 0 Å². The lowest BCUT2D eigenvalue weighted by Crippen LogP contribution is -2.10. The molecule has 3 nitrogen and oxygen atoms in total. The van der Waals surface area contributed by atoms with E-state index in [2.05, 4.69) is 6.58 Å². The predicted molar refractivity (Wildman–Crippen MR) is 75.5 cm³/mol. The number of methoxy groups -OCH3 is 2. The second-order valence-corrected chi connectivity index (χ2v) is 4.75. The highest BCUT2D eigenvalue weighted by molar-refractivity contribution is 6.32. The van der Waals surface area contributed by atoms with E-state index in [1.807, 2.05) is 19.1 Å². The Kier molecular flexibility index (Phi) is 5.51. The monoisotopic (exact) mass is 269 g/mol. The highest BCUT2D eigenvalue weighted by Gasteiger charge is 2.14. The molecule has 1 aromatic carbocycles. The fourth-order valence-corrected chi connectivity index (χ4v) is 2.02.